The molecule has 3 rings (SSSR count). The van der Waals surface area contributed by atoms with Gasteiger partial charge in [0.1, 0.15) is 11.4 Å². The highest BCUT2D eigenvalue weighted by Crippen LogP contribution is 2.32. The Labute approximate surface area is 138 Å². The number of nitrogens with zero attached hydrogens (tertiary/aromatic N) is 1. The van der Waals surface area contributed by atoms with Gasteiger partial charge in [-0.05, 0) is 12.1 Å². The number of rotatable bonds is 4. The number of benzene rings is 1. The number of fused-ring (bicyclic) bond motifs is 3. The number of hydrogen-bond donors (Lipinski definition) is 2. The fourth-order valence-corrected chi connectivity index (χ4v) is 2.46. The Hall–Kier alpha value is -2.87. The van der Waals surface area contributed by atoms with Crippen molar-refractivity contribution in [1.29, 1.82) is 0 Å². The lowest BCUT2D eigenvalue weighted by Crippen LogP contribution is -2.32. The van der Waals surface area contributed by atoms with E-state index >= 15 is 0 Å². The third-order valence-corrected chi connectivity index (χ3v) is 3.47. The lowest BCUT2D eigenvalue weighted by molar-refractivity contribution is -0.137. The van der Waals surface area contributed by atoms with Crippen molar-refractivity contribution < 1.29 is 29.0 Å². The van der Waals surface area contributed by atoms with Crippen LogP contribution in [0.2, 0.25) is 0 Å². The van der Waals surface area contributed by atoms with Gasteiger partial charge in [-0.25, -0.2) is 0 Å². The number of aliphatic carboxylic acids is 1. The van der Waals surface area contributed by atoms with Gasteiger partial charge in [-0.3, -0.25) is 19.3 Å². The van der Waals surface area contributed by atoms with Crippen LogP contribution in [0, 0.1) is 0 Å². The van der Waals surface area contributed by atoms with Crippen LogP contribution < -0.4 is 4.74 Å². The second kappa shape index (κ2) is 7.14. The van der Waals surface area contributed by atoms with E-state index in [0.717, 1.165) is 4.90 Å². The number of carbonyl (C=O) groups excluding carboxylic acids is 2. The number of imide groups is 1. The van der Waals surface area contributed by atoms with Crippen LogP contribution in [-0.2, 0) is 9.53 Å². The number of carboxylic acids is 1. The maximum absolute atomic E-state index is 12.3. The minimum Gasteiger partial charge on any atom is -0.497 e. The van der Waals surface area contributed by atoms with Gasteiger partial charge in [0, 0.05) is 32.2 Å². The van der Waals surface area contributed by atoms with Crippen molar-refractivity contribution in [2.24, 2.45) is 0 Å². The van der Waals surface area contributed by atoms with Crippen molar-refractivity contribution in [3.63, 3.8) is 0 Å². The molecule has 0 bridgehead atoms. The van der Waals surface area contributed by atoms with Gasteiger partial charge < -0.3 is 19.6 Å². The normalized spacial score (nSPS) is 12.9. The fraction of sp³-hybridized carbons (Fsp3) is 0.312. The maximum Gasteiger partial charge on any atom is 0.305 e. The molecule has 0 radical (unpaired) electrons. The summed E-state index contributed by atoms with van der Waals surface area (Å²) in [6.07, 6.45) is -0.270. The van der Waals surface area contributed by atoms with Crippen LogP contribution in [0.25, 0.3) is 10.9 Å². The number of carbonyl (C=O) groups is 3. The van der Waals surface area contributed by atoms with E-state index in [9.17, 15) is 14.4 Å². The summed E-state index contributed by atoms with van der Waals surface area (Å²) in [6, 6.07) is 5.11. The molecular weight excluding hydrogens is 316 g/mol. The Balaban J connectivity index is 0.000000647. The molecule has 128 valence electrons. The number of nitrogens with one attached hydrogen (secondary N) is 1. The van der Waals surface area contributed by atoms with Crippen LogP contribution in [0.5, 0.6) is 5.75 Å². The number of methoxy groups -OCH3 is 2. The summed E-state index contributed by atoms with van der Waals surface area (Å²) in [5, 5.41) is 9.30. The van der Waals surface area contributed by atoms with E-state index in [1.807, 2.05) is 0 Å². The summed E-state index contributed by atoms with van der Waals surface area (Å²) in [6.45, 7) is -0.132. The van der Waals surface area contributed by atoms with Gasteiger partial charge in [0.2, 0.25) is 0 Å². The number of hydrogen-bond acceptors (Lipinski definition) is 5. The first-order chi connectivity index (χ1) is 11.4. The van der Waals surface area contributed by atoms with Crippen molar-refractivity contribution in [2.45, 2.75) is 6.42 Å². The number of aromatic amines is 1. The molecule has 0 atom stereocenters. The second-order valence-corrected chi connectivity index (χ2v) is 5.10. The van der Waals surface area contributed by atoms with Gasteiger partial charge in [0.25, 0.3) is 11.8 Å². The first kappa shape index (κ1) is 17.5. The third-order valence-electron chi connectivity index (χ3n) is 3.47. The molecule has 0 saturated heterocycles. The Kier molecular flexibility index (Phi) is 5.20. The van der Waals surface area contributed by atoms with Crippen LogP contribution in [-0.4, -0.2) is 60.6 Å². The minimum atomic E-state index is -1.05. The molecule has 2 amide bonds. The number of H-pyrrole nitrogens is 1. The van der Waals surface area contributed by atoms with Crippen LogP contribution >= 0.6 is 0 Å². The molecule has 1 aliphatic rings. The molecule has 1 aliphatic heterocycles. The average Bonchev–Trinajstić information content (AvgIpc) is 3.02. The average molecular weight is 334 g/mol. The molecule has 0 fully saturated rings. The summed E-state index contributed by atoms with van der Waals surface area (Å²) < 4.78 is 9.35. The zero-order valence-electron chi connectivity index (χ0n) is 13.6. The number of amides is 2. The standard InChI is InChI=1S/C14H12N2O5.C2H6O/c1-21-7-2-3-8-9(6-7)15-12-11(8)13(19)16(14(12)20)5-4-10(17)18;1-3-2/h2-3,6,15H,4-5H2,1H3,(H,17,18);1-2H3. The van der Waals surface area contributed by atoms with E-state index in [0.29, 0.717) is 22.2 Å². The van der Waals surface area contributed by atoms with Gasteiger partial charge in [-0.1, -0.05) is 0 Å². The summed E-state index contributed by atoms with van der Waals surface area (Å²) in [5.74, 6) is -1.40. The van der Waals surface area contributed by atoms with E-state index in [4.69, 9.17) is 9.84 Å². The van der Waals surface area contributed by atoms with E-state index < -0.39 is 17.8 Å². The van der Waals surface area contributed by atoms with Crippen LogP contribution in [0.4, 0.5) is 0 Å². The topological polar surface area (TPSA) is 109 Å². The lowest BCUT2D eigenvalue weighted by Gasteiger charge is -2.12. The first-order valence-corrected chi connectivity index (χ1v) is 7.12. The monoisotopic (exact) mass is 334 g/mol. The largest absolute Gasteiger partial charge is 0.497 e. The number of aromatic nitrogens is 1. The Morgan fingerprint density at radius 2 is 1.88 bits per heavy atom. The summed E-state index contributed by atoms with van der Waals surface area (Å²) >= 11 is 0. The Bertz CT molecular complexity index is 795. The SMILES string of the molecule is COC.COc1ccc2c3c([nH]c2c1)C(=O)N(CCC(=O)O)C3=O. The quantitative estimate of drug-likeness (QED) is 0.820. The zero-order valence-corrected chi connectivity index (χ0v) is 13.6. The van der Waals surface area contributed by atoms with Gasteiger partial charge in [-0.2, -0.15) is 0 Å². The van der Waals surface area contributed by atoms with E-state index in [-0.39, 0.29) is 18.7 Å². The molecule has 24 heavy (non-hydrogen) atoms. The van der Waals surface area contributed by atoms with Crippen molar-refractivity contribution in [1.82, 2.24) is 9.88 Å². The van der Waals surface area contributed by atoms with Crippen molar-refractivity contribution in [3.8, 4) is 5.75 Å². The summed E-state index contributed by atoms with van der Waals surface area (Å²) in [4.78, 5) is 39.0. The molecule has 0 saturated carbocycles. The number of carboxylic acid groups (broad SMARTS) is 1. The van der Waals surface area contributed by atoms with Crippen molar-refractivity contribution in [3.05, 3.63) is 29.5 Å². The summed E-state index contributed by atoms with van der Waals surface area (Å²) in [7, 11) is 4.78. The molecule has 1 aromatic carbocycles. The molecule has 2 N–H and O–H groups in total. The second-order valence-electron chi connectivity index (χ2n) is 5.10. The molecule has 8 nitrogen and oxygen atoms in total. The predicted molar refractivity (Wildman–Crippen MR) is 85.4 cm³/mol. The van der Waals surface area contributed by atoms with Crippen molar-refractivity contribution in [2.75, 3.05) is 27.9 Å². The highest BCUT2D eigenvalue weighted by Gasteiger charge is 2.38. The molecule has 8 heteroatoms. The van der Waals surface area contributed by atoms with E-state index in [1.165, 1.54) is 7.11 Å². The molecule has 0 aliphatic carbocycles. The van der Waals surface area contributed by atoms with Gasteiger partial charge >= 0.3 is 5.97 Å². The predicted octanol–water partition coefficient (Wildman–Crippen LogP) is 1.51. The smallest absolute Gasteiger partial charge is 0.305 e. The molecule has 2 heterocycles. The fourth-order valence-electron chi connectivity index (χ4n) is 2.46. The van der Waals surface area contributed by atoms with E-state index in [1.54, 1.807) is 32.4 Å². The van der Waals surface area contributed by atoms with Crippen LogP contribution in [0.3, 0.4) is 0 Å². The Morgan fingerprint density at radius 1 is 1.21 bits per heavy atom. The van der Waals surface area contributed by atoms with Gasteiger partial charge in [0.05, 0.1) is 24.6 Å². The van der Waals surface area contributed by atoms with Crippen molar-refractivity contribution >= 4 is 28.7 Å². The molecule has 1 aromatic heterocycles. The molecule has 0 spiro atoms. The molecule has 2 aromatic rings. The van der Waals surface area contributed by atoms with Gasteiger partial charge in [0.15, 0.2) is 0 Å². The Morgan fingerprint density at radius 3 is 2.46 bits per heavy atom. The van der Waals surface area contributed by atoms with Crippen LogP contribution in [0.1, 0.15) is 27.3 Å². The first-order valence-electron chi connectivity index (χ1n) is 7.12. The lowest BCUT2D eigenvalue weighted by atomic mass is 10.1. The minimum absolute atomic E-state index is 0.132. The third kappa shape index (κ3) is 3.09. The highest BCUT2D eigenvalue weighted by atomic mass is 16.5. The summed E-state index contributed by atoms with van der Waals surface area (Å²) in [5.41, 5.74) is 1.13. The van der Waals surface area contributed by atoms with Crippen LogP contribution in [0.15, 0.2) is 18.2 Å². The molecular formula is C16H18N2O6. The zero-order chi connectivity index (χ0) is 17.9. The maximum atomic E-state index is 12.3. The number of ether oxygens (including phenoxy) is 2. The van der Waals surface area contributed by atoms with Gasteiger partial charge in [-0.15, -0.1) is 0 Å². The molecule has 0 unspecified atom stereocenters. The van der Waals surface area contributed by atoms with E-state index in [2.05, 4.69) is 9.72 Å². The highest BCUT2D eigenvalue weighted by molar-refractivity contribution is 6.26.